The minimum atomic E-state index is -0.142. The van der Waals surface area contributed by atoms with Gasteiger partial charge in [0.1, 0.15) is 0 Å². The van der Waals surface area contributed by atoms with Crippen molar-refractivity contribution in [2.24, 2.45) is 0 Å². The molecule has 1 nitrogen and oxygen atoms in total. The van der Waals surface area contributed by atoms with Gasteiger partial charge in [-0.25, -0.2) is 0 Å². The summed E-state index contributed by atoms with van der Waals surface area (Å²) in [5, 5.41) is 9.41. The van der Waals surface area contributed by atoms with Crippen LogP contribution in [0.15, 0.2) is 6.08 Å². The van der Waals surface area contributed by atoms with Crippen LogP contribution in [-0.4, -0.2) is 6.61 Å². The Hall–Kier alpha value is 0.297. The van der Waals surface area contributed by atoms with Gasteiger partial charge in [0.2, 0.25) is 0 Å². The first-order valence-corrected chi connectivity index (χ1v) is 1.49. The molecule has 0 unspecified atom stereocenters. The van der Waals surface area contributed by atoms with E-state index in [2.05, 4.69) is 6.08 Å². The van der Waals surface area contributed by atoms with Crippen molar-refractivity contribution in [2.75, 3.05) is 6.61 Å². The van der Waals surface area contributed by atoms with Crippen molar-refractivity contribution in [2.45, 2.75) is 6.92 Å². The van der Waals surface area contributed by atoms with Crippen LogP contribution in [0.2, 0.25) is 0 Å². The minimum absolute atomic E-state index is 0. The van der Waals surface area contributed by atoms with E-state index in [0.717, 1.165) is 0 Å². The Morgan fingerprint density at radius 1 is 1.83 bits per heavy atom. The molecule has 0 saturated heterocycles. The third-order valence-corrected chi connectivity index (χ3v) is 0.287. The molecule has 6 heavy (non-hydrogen) atoms. The fourth-order valence-corrected chi connectivity index (χ4v) is 0.0833. The maximum Gasteiger partial charge on any atom is 1.00 e. The zero-order chi connectivity index (χ0) is 4.12. The molecule has 0 radical (unpaired) electrons. The first-order chi connectivity index (χ1) is 2.41. The normalized spacial score (nSPS) is 8.33. The SMILES string of the molecule is C[C-]=CC[O-].[Li+]. The molecule has 0 amide bonds. The van der Waals surface area contributed by atoms with E-state index in [0.29, 0.717) is 0 Å². The molecule has 2 heteroatoms. The minimum Gasteiger partial charge on any atom is -0.853 e. The van der Waals surface area contributed by atoms with Crippen molar-refractivity contribution in [1.82, 2.24) is 0 Å². The Labute approximate surface area is 50.2 Å². The molecule has 0 spiro atoms. The van der Waals surface area contributed by atoms with Gasteiger partial charge in [-0.1, -0.05) is 0 Å². The quantitative estimate of drug-likeness (QED) is 0.238. The number of hydrogen-bond donors (Lipinski definition) is 0. The van der Waals surface area contributed by atoms with Crippen LogP contribution in [0.1, 0.15) is 6.92 Å². The molecule has 0 aliphatic heterocycles. The second-order valence-electron chi connectivity index (χ2n) is 0.659. The standard InChI is InChI=1S/C4H6O.Li/c1-2-3-4-5;/h3H,4H2,1H3;/q-2;+1. The molecular weight excluding hydrogens is 71.0 g/mol. The fraction of sp³-hybridized carbons (Fsp3) is 0.500. The maximum absolute atomic E-state index is 9.41. The Bertz CT molecular complexity index is 34.5. The van der Waals surface area contributed by atoms with Gasteiger partial charge in [0, 0.05) is 0 Å². The third-order valence-electron chi connectivity index (χ3n) is 0.287. The van der Waals surface area contributed by atoms with E-state index in [-0.39, 0.29) is 25.5 Å². The molecule has 0 bridgehead atoms. The van der Waals surface area contributed by atoms with Crippen molar-refractivity contribution >= 4 is 0 Å². The number of allylic oxidation sites excluding steroid dienone is 1. The van der Waals surface area contributed by atoms with E-state index in [4.69, 9.17) is 0 Å². The van der Waals surface area contributed by atoms with Crippen molar-refractivity contribution < 1.29 is 24.0 Å². The topological polar surface area (TPSA) is 23.1 Å². The van der Waals surface area contributed by atoms with Gasteiger partial charge in [-0.2, -0.15) is 13.5 Å². The summed E-state index contributed by atoms with van der Waals surface area (Å²) in [5.74, 6) is 0. The van der Waals surface area contributed by atoms with Crippen LogP contribution in [0.3, 0.4) is 0 Å². The first kappa shape index (κ1) is 9.57. The smallest absolute Gasteiger partial charge is 0.853 e. The van der Waals surface area contributed by atoms with Crippen LogP contribution in [0.5, 0.6) is 0 Å². The number of rotatable bonds is 1. The summed E-state index contributed by atoms with van der Waals surface area (Å²) in [4.78, 5) is 0. The van der Waals surface area contributed by atoms with Crippen LogP contribution in [0, 0.1) is 6.08 Å². The van der Waals surface area contributed by atoms with E-state index in [1.165, 1.54) is 6.08 Å². The maximum atomic E-state index is 9.41. The molecule has 0 aromatic carbocycles. The average Bonchev–Trinajstić information content (AvgIpc) is 1.41. The molecule has 0 heterocycles. The van der Waals surface area contributed by atoms with Gasteiger partial charge in [0.05, 0.1) is 0 Å². The fourth-order valence-electron chi connectivity index (χ4n) is 0.0833. The molecule has 0 saturated carbocycles. The monoisotopic (exact) mass is 77.1 g/mol. The summed E-state index contributed by atoms with van der Waals surface area (Å²) in [5.41, 5.74) is 0. The Morgan fingerprint density at radius 3 is 2.33 bits per heavy atom. The largest absolute Gasteiger partial charge is 1.00 e. The van der Waals surface area contributed by atoms with Crippen molar-refractivity contribution in [3.63, 3.8) is 0 Å². The van der Waals surface area contributed by atoms with E-state index in [9.17, 15) is 5.11 Å². The third kappa shape index (κ3) is 8.85. The average molecular weight is 77.0 g/mol. The van der Waals surface area contributed by atoms with Crippen LogP contribution in [-0.2, 0) is 0 Å². The summed E-state index contributed by atoms with van der Waals surface area (Å²) < 4.78 is 0. The molecule has 0 rings (SSSR count). The van der Waals surface area contributed by atoms with Gasteiger partial charge in [-0.05, 0) is 0 Å². The van der Waals surface area contributed by atoms with Gasteiger partial charge in [0.25, 0.3) is 0 Å². The van der Waals surface area contributed by atoms with Gasteiger partial charge in [-0.3, -0.25) is 6.08 Å². The first-order valence-electron chi connectivity index (χ1n) is 1.49. The van der Waals surface area contributed by atoms with Crippen molar-refractivity contribution in [3.05, 3.63) is 12.2 Å². The van der Waals surface area contributed by atoms with Crippen LogP contribution < -0.4 is 24.0 Å². The molecule has 30 valence electrons. The van der Waals surface area contributed by atoms with Crippen molar-refractivity contribution in [1.29, 1.82) is 0 Å². The number of hydrogen-bond acceptors (Lipinski definition) is 1. The summed E-state index contributed by atoms with van der Waals surface area (Å²) in [7, 11) is 0. The van der Waals surface area contributed by atoms with Crippen molar-refractivity contribution in [3.8, 4) is 0 Å². The van der Waals surface area contributed by atoms with Gasteiger partial charge < -0.3 is 11.2 Å². The summed E-state index contributed by atoms with van der Waals surface area (Å²) in [6.45, 7) is 1.56. The zero-order valence-corrected chi connectivity index (χ0v) is 4.19. The molecule has 0 aliphatic carbocycles. The van der Waals surface area contributed by atoms with E-state index in [1.807, 2.05) is 0 Å². The van der Waals surface area contributed by atoms with Crippen LogP contribution in [0.4, 0.5) is 0 Å². The van der Waals surface area contributed by atoms with E-state index in [1.54, 1.807) is 6.92 Å². The summed E-state index contributed by atoms with van der Waals surface area (Å²) >= 11 is 0. The van der Waals surface area contributed by atoms with E-state index >= 15 is 0 Å². The predicted octanol–water partition coefficient (Wildman–Crippen LogP) is -3.27. The molecular formula is C4H6LiO-. The second-order valence-corrected chi connectivity index (χ2v) is 0.659. The molecule has 0 fully saturated rings. The molecule has 0 aliphatic rings. The molecule has 0 atom stereocenters. The Morgan fingerprint density at radius 2 is 2.33 bits per heavy atom. The Balaban J connectivity index is 0. The summed E-state index contributed by atoms with van der Waals surface area (Å²) in [6, 6.07) is 0. The predicted molar refractivity (Wildman–Crippen MR) is 18.4 cm³/mol. The second kappa shape index (κ2) is 9.00. The van der Waals surface area contributed by atoms with Gasteiger partial charge in [0.15, 0.2) is 0 Å². The van der Waals surface area contributed by atoms with Crippen LogP contribution in [0.25, 0.3) is 0 Å². The van der Waals surface area contributed by atoms with Crippen LogP contribution >= 0.6 is 0 Å². The molecule has 0 aromatic heterocycles. The Kier molecular flexibility index (Phi) is 14.4. The molecule has 0 N–H and O–H groups in total. The summed E-state index contributed by atoms with van der Waals surface area (Å²) in [6.07, 6.45) is 4.02. The van der Waals surface area contributed by atoms with E-state index < -0.39 is 0 Å². The van der Waals surface area contributed by atoms with Gasteiger partial charge in [-0.15, -0.1) is 0 Å². The van der Waals surface area contributed by atoms with Gasteiger partial charge >= 0.3 is 18.9 Å². The zero-order valence-electron chi connectivity index (χ0n) is 4.19. The molecule has 0 aromatic rings.